The molecule has 0 aromatic heterocycles. The van der Waals surface area contributed by atoms with E-state index in [1.54, 1.807) is 4.90 Å². The lowest BCUT2D eigenvalue weighted by molar-refractivity contribution is -0.385. The zero-order valence-corrected chi connectivity index (χ0v) is 9.56. The minimum absolute atomic E-state index is 0.0959. The van der Waals surface area contributed by atoms with E-state index >= 15 is 0 Å². The Labute approximate surface area is 103 Å². The predicted molar refractivity (Wildman–Crippen MR) is 62.9 cm³/mol. The fraction of sp³-hybridized carbons (Fsp3) is 0.364. The van der Waals surface area contributed by atoms with Crippen molar-refractivity contribution in [3.8, 4) is 0 Å². The SMILES string of the molecule is O=C(Nc1cc(F)cc([N+](=O)[O-])c1)N1CCCC1. The molecule has 2 rings (SSSR count). The van der Waals surface area contributed by atoms with Gasteiger partial charge in [-0.15, -0.1) is 0 Å². The first-order valence-electron chi connectivity index (χ1n) is 5.57. The molecule has 0 aliphatic carbocycles. The predicted octanol–water partition coefficient (Wildman–Crippen LogP) is 2.36. The Morgan fingerprint density at radius 1 is 1.33 bits per heavy atom. The maximum Gasteiger partial charge on any atom is 0.321 e. The van der Waals surface area contributed by atoms with Gasteiger partial charge in [0, 0.05) is 19.2 Å². The highest BCUT2D eigenvalue weighted by Gasteiger charge is 2.19. The van der Waals surface area contributed by atoms with Crippen LogP contribution in [0, 0.1) is 15.9 Å². The fourth-order valence-electron chi connectivity index (χ4n) is 1.87. The van der Waals surface area contributed by atoms with E-state index in [0.717, 1.165) is 31.0 Å². The number of anilines is 1. The summed E-state index contributed by atoms with van der Waals surface area (Å²) in [6.45, 7) is 1.31. The summed E-state index contributed by atoms with van der Waals surface area (Å²) < 4.78 is 13.1. The molecule has 1 aromatic rings. The molecule has 0 radical (unpaired) electrons. The number of non-ortho nitro benzene ring substituents is 1. The summed E-state index contributed by atoms with van der Waals surface area (Å²) in [5, 5.41) is 13.0. The summed E-state index contributed by atoms with van der Waals surface area (Å²) in [5.74, 6) is -0.749. The van der Waals surface area contributed by atoms with Crippen molar-refractivity contribution in [2.24, 2.45) is 0 Å². The van der Waals surface area contributed by atoms with Crippen LogP contribution in [0.5, 0.6) is 0 Å². The van der Waals surface area contributed by atoms with Crippen LogP contribution in [0.15, 0.2) is 18.2 Å². The Bertz CT molecular complexity index is 486. The van der Waals surface area contributed by atoms with Crippen molar-refractivity contribution in [1.29, 1.82) is 0 Å². The van der Waals surface area contributed by atoms with Crippen LogP contribution in [-0.2, 0) is 0 Å². The molecule has 0 spiro atoms. The first-order chi connectivity index (χ1) is 8.56. The number of amides is 2. The van der Waals surface area contributed by atoms with Crippen molar-refractivity contribution < 1.29 is 14.1 Å². The molecule has 1 heterocycles. The normalized spacial score (nSPS) is 14.6. The molecule has 1 aliphatic heterocycles. The van der Waals surface area contributed by atoms with Gasteiger partial charge in [-0.1, -0.05) is 0 Å². The lowest BCUT2D eigenvalue weighted by Crippen LogP contribution is -2.32. The van der Waals surface area contributed by atoms with Gasteiger partial charge >= 0.3 is 6.03 Å². The number of carbonyl (C=O) groups is 1. The number of hydrogen-bond donors (Lipinski definition) is 1. The number of carbonyl (C=O) groups excluding carboxylic acids is 1. The van der Waals surface area contributed by atoms with Gasteiger partial charge < -0.3 is 10.2 Å². The van der Waals surface area contributed by atoms with Crippen molar-refractivity contribution in [1.82, 2.24) is 4.90 Å². The third-order valence-electron chi connectivity index (χ3n) is 2.74. The van der Waals surface area contributed by atoms with Gasteiger partial charge in [0.15, 0.2) is 0 Å². The second-order valence-electron chi connectivity index (χ2n) is 4.08. The number of nitro groups is 1. The number of nitrogens with one attached hydrogen (secondary N) is 1. The van der Waals surface area contributed by atoms with E-state index < -0.39 is 10.7 Å². The Kier molecular flexibility index (Phi) is 3.40. The second kappa shape index (κ2) is 4.99. The molecule has 0 bridgehead atoms. The molecule has 1 saturated heterocycles. The quantitative estimate of drug-likeness (QED) is 0.649. The van der Waals surface area contributed by atoms with Crippen LogP contribution in [-0.4, -0.2) is 28.9 Å². The van der Waals surface area contributed by atoms with Gasteiger partial charge in [0.25, 0.3) is 5.69 Å². The fourth-order valence-corrected chi connectivity index (χ4v) is 1.87. The molecule has 1 fully saturated rings. The van der Waals surface area contributed by atoms with Crippen LogP contribution in [0.1, 0.15) is 12.8 Å². The van der Waals surface area contributed by atoms with Gasteiger partial charge in [-0.3, -0.25) is 10.1 Å². The number of likely N-dealkylation sites (tertiary alicyclic amines) is 1. The smallest absolute Gasteiger partial charge is 0.321 e. The van der Waals surface area contributed by atoms with Crippen molar-refractivity contribution in [3.63, 3.8) is 0 Å². The maximum atomic E-state index is 13.1. The van der Waals surface area contributed by atoms with E-state index in [2.05, 4.69) is 5.32 Å². The van der Waals surface area contributed by atoms with Crippen LogP contribution in [0.2, 0.25) is 0 Å². The first-order valence-corrected chi connectivity index (χ1v) is 5.57. The van der Waals surface area contributed by atoms with Crippen molar-refractivity contribution >= 4 is 17.4 Å². The largest absolute Gasteiger partial charge is 0.325 e. The van der Waals surface area contributed by atoms with Crippen LogP contribution in [0.3, 0.4) is 0 Å². The van der Waals surface area contributed by atoms with Crippen LogP contribution in [0.4, 0.5) is 20.6 Å². The van der Waals surface area contributed by atoms with E-state index in [4.69, 9.17) is 0 Å². The van der Waals surface area contributed by atoms with E-state index in [-0.39, 0.29) is 17.4 Å². The minimum atomic E-state index is -0.749. The van der Waals surface area contributed by atoms with Gasteiger partial charge in [0.05, 0.1) is 16.7 Å². The van der Waals surface area contributed by atoms with Crippen molar-refractivity contribution in [2.45, 2.75) is 12.8 Å². The molecule has 6 nitrogen and oxygen atoms in total. The zero-order valence-electron chi connectivity index (χ0n) is 9.56. The Balaban J connectivity index is 2.13. The zero-order chi connectivity index (χ0) is 13.1. The summed E-state index contributed by atoms with van der Waals surface area (Å²) in [5.41, 5.74) is -0.287. The molecule has 7 heteroatoms. The number of nitrogens with zero attached hydrogens (tertiary/aromatic N) is 2. The Morgan fingerprint density at radius 2 is 2.00 bits per heavy atom. The van der Waals surface area contributed by atoms with Gasteiger partial charge in [-0.25, -0.2) is 9.18 Å². The third kappa shape index (κ3) is 2.73. The van der Waals surface area contributed by atoms with Crippen molar-refractivity contribution in [2.75, 3.05) is 18.4 Å². The standard InChI is InChI=1S/C11H12FN3O3/c12-8-5-9(7-10(6-8)15(17)18)13-11(16)14-3-1-2-4-14/h5-7H,1-4H2,(H,13,16). The number of hydrogen-bond acceptors (Lipinski definition) is 3. The van der Waals surface area contributed by atoms with Gasteiger partial charge in [-0.05, 0) is 18.9 Å². The highest BCUT2D eigenvalue weighted by molar-refractivity contribution is 5.89. The number of rotatable bonds is 2. The van der Waals surface area contributed by atoms with E-state index in [1.807, 2.05) is 0 Å². The molecular weight excluding hydrogens is 241 g/mol. The molecule has 0 atom stereocenters. The molecule has 1 aliphatic rings. The number of benzene rings is 1. The average molecular weight is 253 g/mol. The average Bonchev–Trinajstić information content (AvgIpc) is 2.81. The summed E-state index contributed by atoms with van der Waals surface area (Å²) in [7, 11) is 0. The molecule has 0 unspecified atom stereocenters. The van der Waals surface area contributed by atoms with E-state index in [9.17, 15) is 19.3 Å². The third-order valence-corrected chi connectivity index (χ3v) is 2.74. The first kappa shape index (κ1) is 12.3. The van der Waals surface area contributed by atoms with Crippen molar-refractivity contribution in [3.05, 3.63) is 34.1 Å². The van der Waals surface area contributed by atoms with Gasteiger partial charge in [0.1, 0.15) is 5.82 Å². The number of nitro benzene ring substituents is 1. The summed E-state index contributed by atoms with van der Waals surface area (Å²) in [6.07, 6.45) is 1.88. The molecule has 2 amide bonds. The Morgan fingerprint density at radius 3 is 2.61 bits per heavy atom. The second-order valence-corrected chi connectivity index (χ2v) is 4.08. The van der Waals surface area contributed by atoms with Crippen LogP contribution >= 0.6 is 0 Å². The van der Waals surface area contributed by atoms with E-state index in [1.165, 1.54) is 0 Å². The van der Waals surface area contributed by atoms with Crippen LogP contribution < -0.4 is 5.32 Å². The topological polar surface area (TPSA) is 75.5 Å². The number of halogens is 1. The molecule has 1 aromatic carbocycles. The maximum absolute atomic E-state index is 13.1. The highest BCUT2D eigenvalue weighted by atomic mass is 19.1. The summed E-state index contributed by atoms with van der Waals surface area (Å²) in [6, 6.07) is 2.65. The molecule has 96 valence electrons. The van der Waals surface area contributed by atoms with Crippen LogP contribution in [0.25, 0.3) is 0 Å². The lowest BCUT2D eigenvalue weighted by atomic mass is 10.2. The Hall–Kier alpha value is -2.18. The molecular formula is C11H12FN3O3. The summed E-state index contributed by atoms with van der Waals surface area (Å²) in [4.78, 5) is 23.2. The summed E-state index contributed by atoms with van der Waals surface area (Å²) >= 11 is 0. The van der Waals surface area contributed by atoms with Gasteiger partial charge in [0.2, 0.25) is 0 Å². The van der Waals surface area contributed by atoms with Gasteiger partial charge in [-0.2, -0.15) is 0 Å². The molecule has 0 saturated carbocycles. The molecule has 1 N–H and O–H groups in total. The molecule has 18 heavy (non-hydrogen) atoms. The minimum Gasteiger partial charge on any atom is -0.325 e. The lowest BCUT2D eigenvalue weighted by Gasteiger charge is -2.16. The highest BCUT2D eigenvalue weighted by Crippen LogP contribution is 2.20. The van der Waals surface area contributed by atoms with E-state index in [0.29, 0.717) is 13.1 Å². The number of urea groups is 1. The monoisotopic (exact) mass is 253 g/mol.